The Morgan fingerprint density at radius 3 is 2.81 bits per heavy atom. The minimum Gasteiger partial charge on any atom is -0.497 e. The molecule has 0 amide bonds. The maximum Gasteiger partial charge on any atom is 0.206 e. The number of benzene rings is 1. The van der Waals surface area contributed by atoms with Crippen molar-refractivity contribution in [3.8, 4) is 28.3 Å². The molecule has 0 N–H and O–H groups in total. The first kappa shape index (κ1) is 16.2. The monoisotopic (exact) mass is 361 g/mol. The van der Waals surface area contributed by atoms with Crippen LogP contribution < -0.4 is 4.74 Å². The highest BCUT2D eigenvalue weighted by molar-refractivity contribution is 7.13. The quantitative estimate of drug-likeness (QED) is 0.513. The number of thiazole rings is 1. The van der Waals surface area contributed by atoms with Gasteiger partial charge in [0.1, 0.15) is 16.5 Å². The molecule has 0 spiro atoms. The summed E-state index contributed by atoms with van der Waals surface area (Å²) >= 11 is 1.55. The number of hydrogen-bond acceptors (Lipinski definition) is 6. The largest absolute Gasteiger partial charge is 0.497 e. The predicted molar refractivity (Wildman–Crippen MR) is 101 cm³/mol. The van der Waals surface area contributed by atoms with Crippen LogP contribution >= 0.6 is 11.3 Å². The van der Waals surface area contributed by atoms with E-state index in [9.17, 15) is 0 Å². The SMILES string of the molecule is COc1ccc2c(C)nc(C#Cc3nc(-c4nccs4)cn3C)nc2c1. The van der Waals surface area contributed by atoms with Gasteiger partial charge in [-0.25, -0.2) is 19.9 Å². The molecule has 7 heteroatoms. The van der Waals surface area contributed by atoms with Crippen LogP contribution in [-0.2, 0) is 7.05 Å². The van der Waals surface area contributed by atoms with Gasteiger partial charge in [-0.3, -0.25) is 0 Å². The van der Waals surface area contributed by atoms with Gasteiger partial charge in [0, 0.05) is 42.0 Å². The third-order valence-electron chi connectivity index (χ3n) is 3.91. The Labute approximate surface area is 154 Å². The number of fused-ring (bicyclic) bond motifs is 1. The van der Waals surface area contributed by atoms with Gasteiger partial charge >= 0.3 is 0 Å². The molecule has 0 atom stereocenters. The summed E-state index contributed by atoms with van der Waals surface area (Å²) in [7, 11) is 3.54. The molecule has 0 aliphatic carbocycles. The van der Waals surface area contributed by atoms with Gasteiger partial charge in [0.25, 0.3) is 0 Å². The lowest BCUT2D eigenvalue weighted by Gasteiger charge is -2.04. The van der Waals surface area contributed by atoms with Gasteiger partial charge in [-0.2, -0.15) is 0 Å². The second-order valence-electron chi connectivity index (χ2n) is 5.66. The third-order valence-corrected chi connectivity index (χ3v) is 4.70. The molecule has 0 fully saturated rings. The lowest BCUT2D eigenvalue weighted by Crippen LogP contribution is -1.96. The molecule has 0 bridgehead atoms. The van der Waals surface area contributed by atoms with E-state index in [4.69, 9.17) is 4.74 Å². The number of ether oxygens (including phenoxy) is 1. The van der Waals surface area contributed by atoms with Crippen molar-refractivity contribution in [2.75, 3.05) is 7.11 Å². The number of methoxy groups -OCH3 is 1. The summed E-state index contributed by atoms with van der Waals surface area (Å²) in [5, 5.41) is 3.79. The highest BCUT2D eigenvalue weighted by atomic mass is 32.1. The summed E-state index contributed by atoms with van der Waals surface area (Å²) < 4.78 is 7.15. The summed E-state index contributed by atoms with van der Waals surface area (Å²) in [4.78, 5) is 17.8. The van der Waals surface area contributed by atoms with Crippen LogP contribution in [0.5, 0.6) is 5.75 Å². The first-order valence-corrected chi connectivity index (χ1v) is 8.79. The van der Waals surface area contributed by atoms with Crippen LogP contribution in [0.1, 0.15) is 17.3 Å². The minimum atomic E-state index is 0.460. The number of imidazole rings is 1. The van der Waals surface area contributed by atoms with Crippen molar-refractivity contribution in [3.05, 3.63) is 53.3 Å². The van der Waals surface area contributed by atoms with Gasteiger partial charge in [0.15, 0.2) is 5.82 Å². The zero-order valence-corrected chi connectivity index (χ0v) is 15.3. The van der Waals surface area contributed by atoms with E-state index in [-0.39, 0.29) is 0 Å². The van der Waals surface area contributed by atoms with Crippen LogP contribution in [0.3, 0.4) is 0 Å². The van der Waals surface area contributed by atoms with Gasteiger partial charge in [-0.05, 0) is 30.9 Å². The van der Waals surface area contributed by atoms with E-state index in [2.05, 4.69) is 31.8 Å². The first-order valence-electron chi connectivity index (χ1n) is 7.91. The van der Waals surface area contributed by atoms with Crippen LogP contribution in [-0.4, -0.2) is 31.6 Å². The van der Waals surface area contributed by atoms with Gasteiger partial charge in [0.05, 0.1) is 12.6 Å². The number of rotatable bonds is 2. The standard InChI is InChI=1S/C19H15N5OS/c1-12-14-5-4-13(25-3)10-15(14)22-17(21-12)6-7-18-23-16(11-24(18)2)19-20-8-9-26-19/h4-5,8-11H,1-3H3. The fraction of sp³-hybridized carbons (Fsp3) is 0.158. The van der Waals surface area contributed by atoms with Crippen LogP contribution in [0.4, 0.5) is 0 Å². The van der Waals surface area contributed by atoms with Gasteiger partial charge in [0.2, 0.25) is 5.82 Å². The molecular formula is C19H15N5OS. The Kier molecular flexibility index (Phi) is 4.11. The Morgan fingerprint density at radius 2 is 2.04 bits per heavy atom. The molecule has 4 rings (SSSR count). The van der Waals surface area contributed by atoms with E-state index in [0.29, 0.717) is 11.6 Å². The molecule has 0 radical (unpaired) electrons. The van der Waals surface area contributed by atoms with E-state index in [1.54, 1.807) is 24.6 Å². The van der Waals surface area contributed by atoms with E-state index < -0.39 is 0 Å². The number of nitrogens with zero attached hydrogens (tertiary/aromatic N) is 5. The summed E-state index contributed by atoms with van der Waals surface area (Å²) in [6.45, 7) is 1.95. The van der Waals surface area contributed by atoms with Gasteiger partial charge in [-0.1, -0.05) is 0 Å². The number of aryl methyl sites for hydroxylation is 2. The lowest BCUT2D eigenvalue weighted by atomic mass is 10.2. The number of aromatic nitrogens is 5. The molecule has 4 aromatic rings. The zero-order chi connectivity index (χ0) is 18.1. The average Bonchev–Trinajstić information content (AvgIpc) is 3.29. The topological polar surface area (TPSA) is 65.7 Å². The minimum absolute atomic E-state index is 0.460. The summed E-state index contributed by atoms with van der Waals surface area (Å²) in [6, 6.07) is 5.74. The molecular weight excluding hydrogens is 346 g/mol. The van der Waals surface area contributed by atoms with Crippen LogP contribution in [0.2, 0.25) is 0 Å². The maximum atomic E-state index is 5.27. The predicted octanol–water partition coefficient (Wildman–Crippen LogP) is 3.20. The maximum absolute atomic E-state index is 5.27. The fourth-order valence-corrected chi connectivity index (χ4v) is 3.19. The normalized spacial score (nSPS) is 10.6. The van der Waals surface area contributed by atoms with Crippen molar-refractivity contribution >= 4 is 22.2 Å². The number of hydrogen-bond donors (Lipinski definition) is 0. The molecule has 128 valence electrons. The molecule has 0 aliphatic heterocycles. The molecule has 3 aromatic heterocycles. The summed E-state index contributed by atoms with van der Waals surface area (Å²) in [5.41, 5.74) is 2.50. The van der Waals surface area contributed by atoms with Crippen LogP contribution in [0, 0.1) is 18.8 Å². The van der Waals surface area contributed by atoms with E-state index in [1.807, 2.05) is 48.3 Å². The molecule has 0 aliphatic rings. The van der Waals surface area contributed by atoms with Crippen molar-refractivity contribution in [3.63, 3.8) is 0 Å². The van der Waals surface area contributed by atoms with E-state index in [0.717, 1.165) is 33.0 Å². The second kappa shape index (κ2) is 6.58. The fourth-order valence-electron chi connectivity index (χ4n) is 2.60. The van der Waals surface area contributed by atoms with Crippen LogP contribution in [0.15, 0.2) is 36.0 Å². The molecule has 0 saturated heterocycles. The third kappa shape index (κ3) is 3.03. The molecule has 26 heavy (non-hydrogen) atoms. The highest BCUT2D eigenvalue weighted by Gasteiger charge is 2.08. The Balaban J connectivity index is 1.72. The molecule has 1 aromatic carbocycles. The molecule has 6 nitrogen and oxygen atoms in total. The van der Waals surface area contributed by atoms with Crippen molar-refractivity contribution in [2.24, 2.45) is 7.05 Å². The van der Waals surface area contributed by atoms with E-state index in [1.165, 1.54) is 0 Å². The first-order chi connectivity index (χ1) is 12.6. The highest BCUT2D eigenvalue weighted by Crippen LogP contribution is 2.22. The Morgan fingerprint density at radius 1 is 1.15 bits per heavy atom. The second-order valence-corrected chi connectivity index (χ2v) is 6.56. The zero-order valence-electron chi connectivity index (χ0n) is 14.5. The average molecular weight is 361 g/mol. The Bertz CT molecular complexity index is 1150. The van der Waals surface area contributed by atoms with Crippen molar-refractivity contribution in [2.45, 2.75) is 6.92 Å². The van der Waals surface area contributed by atoms with Gasteiger partial charge in [-0.15, -0.1) is 11.3 Å². The molecule has 0 saturated carbocycles. The summed E-state index contributed by atoms with van der Waals surface area (Å²) in [5.74, 6) is 7.93. The van der Waals surface area contributed by atoms with Gasteiger partial charge < -0.3 is 9.30 Å². The lowest BCUT2D eigenvalue weighted by molar-refractivity contribution is 0.415. The molecule has 0 unspecified atom stereocenters. The van der Waals surface area contributed by atoms with Crippen molar-refractivity contribution < 1.29 is 4.74 Å². The Hall–Kier alpha value is -3.24. The molecule has 3 heterocycles. The van der Waals surface area contributed by atoms with Crippen molar-refractivity contribution in [1.82, 2.24) is 24.5 Å². The van der Waals surface area contributed by atoms with Crippen molar-refractivity contribution in [1.29, 1.82) is 0 Å². The van der Waals surface area contributed by atoms with E-state index >= 15 is 0 Å². The smallest absolute Gasteiger partial charge is 0.206 e. The summed E-state index contributed by atoms with van der Waals surface area (Å²) in [6.07, 6.45) is 3.68. The van der Waals surface area contributed by atoms with Crippen LogP contribution in [0.25, 0.3) is 21.6 Å².